The second kappa shape index (κ2) is 4.78. The molecule has 1 aromatic carbocycles. The van der Waals surface area contributed by atoms with Crippen molar-refractivity contribution in [3.8, 4) is 5.75 Å². The molecule has 0 radical (unpaired) electrons. The molecule has 0 saturated heterocycles. The predicted molar refractivity (Wildman–Crippen MR) is 71.2 cm³/mol. The van der Waals surface area contributed by atoms with Crippen LogP contribution in [0.25, 0.3) is 0 Å². The van der Waals surface area contributed by atoms with E-state index in [-0.39, 0.29) is 6.04 Å². The van der Waals surface area contributed by atoms with E-state index in [4.69, 9.17) is 9.47 Å². The van der Waals surface area contributed by atoms with Gasteiger partial charge in [-0.25, -0.2) is 0 Å². The average Bonchev–Trinajstić information content (AvgIpc) is 2.37. The highest BCUT2D eigenvalue weighted by Gasteiger charge is 2.39. The molecule has 4 nitrogen and oxygen atoms in total. The van der Waals surface area contributed by atoms with Crippen LogP contribution in [0.1, 0.15) is 19.4 Å². The van der Waals surface area contributed by atoms with Crippen LogP contribution in [0.5, 0.6) is 5.75 Å². The molecule has 0 spiro atoms. The van der Waals surface area contributed by atoms with E-state index in [1.54, 1.807) is 14.2 Å². The van der Waals surface area contributed by atoms with Crippen molar-refractivity contribution >= 4 is 5.69 Å². The molecule has 100 valence electrons. The standard InChI is InChI=1S/C14H21NO3/c1-14(2,18-4)13-11(16)8-9-10(15-13)6-5-7-12(9)17-3/h5-7,11,13,15-16H,8H2,1-4H3. The first-order chi connectivity index (χ1) is 8.49. The van der Waals surface area contributed by atoms with Gasteiger partial charge in [0.2, 0.25) is 0 Å². The van der Waals surface area contributed by atoms with Crippen LogP contribution >= 0.6 is 0 Å². The number of anilines is 1. The summed E-state index contributed by atoms with van der Waals surface area (Å²) in [5, 5.41) is 13.7. The lowest BCUT2D eigenvalue weighted by atomic mass is 9.85. The minimum Gasteiger partial charge on any atom is -0.496 e. The number of hydrogen-bond acceptors (Lipinski definition) is 4. The molecule has 2 unspecified atom stereocenters. The largest absolute Gasteiger partial charge is 0.496 e. The topological polar surface area (TPSA) is 50.7 Å². The minimum atomic E-state index is -0.497. The summed E-state index contributed by atoms with van der Waals surface area (Å²) in [6, 6.07) is 5.72. The lowest BCUT2D eigenvalue weighted by Crippen LogP contribution is -2.53. The van der Waals surface area contributed by atoms with Crippen LogP contribution in [0.4, 0.5) is 5.69 Å². The molecule has 0 aromatic heterocycles. The molecule has 0 aliphatic carbocycles. The average molecular weight is 251 g/mol. The molecule has 18 heavy (non-hydrogen) atoms. The van der Waals surface area contributed by atoms with Crippen LogP contribution in [-0.4, -0.2) is 37.1 Å². The van der Waals surface area contributed by atoms with Gasteiger partial charge < -0.3 is 19.9 Å². The Morgan fingerprint density at radius 3 is 2.67 bits per heavy atom. The summed E-state index contributed by atoms with van der Waals surface area (Å²) in [5.41, 5.74) is 1.60. The maximum Gasteiger partial charge on any atom is 0.124 e. The number of rotatable bonds is 3. The van der Waals surface area contributed by atoms with E-state index in [1.165, 1.54) is 0 Å². The fraction of sp³-hybridized carbons (Fsp3) is 0.571. The number of aliphatic hydroxyl groups excluding tert-OH is 1. The zero-order valence-corrected chi connectivity index (χ0v) is 11.4. The quantitative estimate of drug-likeness (QED) is 0.860. The van der Waals surface area contributed by atoms with Crippen LogP contribution in [-0.2, 0) is 11.2 Å². The Balaban J connectivity index is 2.34. The van der Waals surface area contributed by atoms with E-state index in [1.807, 2.05) is 32.0 Å². The Bertz CT molecular complexity index is 431. The molecule has 2 atom stereocenters. The van der Waals surface area contributed by atoms with Crippen molar-refractivity contribution in [3.05, 3.63) is 23.8 Å². The molecule has 0 bridgehead atoms. The SMILES string of the molecule is COc1cccc2c1CC(O)C(C(C)(C)OC)N2. The third kappa shape index (κ3) is 2.18. The van der Waals surface area contributed by atoms with Gasteiger partial charge >= 0.3 is 0 Å². The van der Waals surface area contributed by atoms with Gasteiger partial charge in [0.1, 0.15) is 5.75 Å². The summed E-state index contributed by atoms with van der Waals surface area (Å²) in [4.78, 5) is 0. The summed E-state index contributed by atoms with van der Waals surface area (Å²) in [5.74, 6) is 0.813. The maximum atomic E-state index is 10.3. The number of aliphatic hydroxyl groups is 1. The fourth-order valence-electron chi connectivity index (χ4n) is 2.46. The second-order valence-electron chi connectivity index (χ2n) is 5.19. The third-order valence-electron chi connectivity index (χ3n) is 3.74. The van der Waals surface area contributed by atoms with Gasteiger partial charge in [0.15, 0.2) is 0 Å². The highest BCUT2D eigenvalue weighted by molar-refractivity contribution is 5.60. The Morgan fingerprint density at radius 1 is 1.33 bits per heavy atom. The first-order valence-electron chi connectivity index (χ1n) is 6.15. The zero-order chi connectivity index (χ0) is 13.3. The lowest BCUT2D eigenvalue weighted by Gasteiger charge is -2.41. The van der Waals surface area contributed by atoms with Gasteiger partial charge in [0.25, 0.3) is 0 Å². The van der Waals surface area contributed by atoms with Crippen molar-refractivity contribution in [2.75, 3.05) is 19.5 Å². The molecule has 1 heterocycles. The molecule has 1 aromatic rings. The fourth-order valence-corrected chi connectivity index (χ4v) is 2.46. The van der Waals surface area contributed by atoms with Crippen molar-refractivity contribution in [2.24, 2.45) is 0 Å². The van der Waals surface area contributed by atoms with Crippen LogP contribution in [0.2, 0.25) is 0 Å². The molecule has 0 amide bonds. The van der Waals surface area contributed by atoms with Gasteiger partial charge in [0, 0.05) is 24.8 Å². The second-order valence-corrected chi connectivity index (χ2v) is 5.19. The first-order valence-corrected chi connectivity index (χ1v) is 6.15. The maximum absolute atomic E-state index is 10.3. The van der Waals surface area contributed by atoms with Gasteiger partial charge in [-0.05, 0) is 26.0 Å². The highest BCUT2D eigenvalue weighted by Crippen LogP contribution is 2.35. The Kier molecular flexibility index (Phi) is 3.50. The normalized spacial score (nSPS) is 23.2. The Hall–Kier alpha value is -1.26. The van der Waals surface area contributed by atoms with Gasteiger partial charge in [-0.3, -0.25) is 0 Å². The van der Waals surface area contributed by atoms with E-state index in [0.29, 0.717) is 6.42 Å². The van der Waals surface area contributed by atoms with E-state index < -0.39 is 11.7 Å². The van der Waals surface area contributed by atoms with Crippen molar-refractivity contribution < 1.29 is 14.6 Å². The van der Waals surface area contributed by atoms with Crippen molar-refractivity contribution in [3.63, 3.8) is 0 Å². The van der Waals surface area contributed by atoms with Crippen molar-refractivity contribution in [1.82, 2.24) is 0 Å². The summed E-state index contributed by atoms with van der Waals surface area (Å²) >= 11 is 0. The van der Waals surface area contributed by atoms with Crippen molar-refractivity contribution in [2.45, 2.75) is 38.0 Å². The molecule has 0 fully saturated rings. The first kappa shape index (κ1) is 13.2. The highest BCUT2D eigenvalue weighted by atomic mass is 16.5. The minimum absolute atomic E-state index is 0.137. The van der Waals surface area contributed by atoms with Crippen LogP contribution in [0, 0.1) is 0 Å². The molecule has 4 heteroatoms. The van der Waals surface area contributed by atoms with Crippen LogP contribution in [0.15, 0.2) is 18.2 Å². The number of nitrogens with one attached hydrogen (secondary N) is 1. The monoisotopic (exact) mass is 251 g/mol. The number of fused-ring (bicyclic) bond motifs is 1. The molecule has 2 rings (SSSR count). The Morgan fingerprint density at radius 2 is 2.06 bits per heavy atom. The molecule has 0 saturated carbocycles. The van der Waals surface area contributed by atoms with Gasteiger partial charge in [-0.1, -0.05) is 6.07 Å². The summed E-state index contributed by atoms with van der Waals surface area (Å²) in [6.45, 7) is 3.94. The van der Waals surface area contributed by atoms with Crippen LogP contribution < -0.4 is 10.1 Å². The molecule has 1 aliphatic rings. The van der Waals surface area contributed by atoms with Gasteiger partial charge in [-0.15, -0.1) is 0 Å². The van der Waals surface area contributed by atoms with Crippen molar-refractivity contribution in [1.29, 1.82) is 0 Å². The van der Waals surface area contributed by atoms with E-state index >= 15 is 0 Å². The molecular formula is C14H21NO3. The molecule has 2 N–H and O–H groups in total. The van der Waals surface area contributed by atoms with Gasteiger partial charge in [-0.2, -0.15) is 0 Å². The summed E-state index contributed by atoms with van der Waals surface area (Å²) in [6.07, 6.45) is 0.0767. The Labute approximate surface area is 108 Å². The van der Waals surface area contributed by atoms with E-state index in [9.17, 15) is 5.11 Å². The van der Waals surface area contributed by atoms with E-state index in [2.05, 4.69) is 5.32 Å². The number of benzene rings is 1. The smallest absolute Gasteiger partial charge is 0.124 e. The number of hydrogen-bond donors (Lipinski definition) is 2. The summed E-state index contributed by atoms with van der Waals surface area (Å²) in [7, 11) is 3.31. The molecular weight excluding hydrogens is 230 g/mol. The summed E-state index contributed by atoms with van der Waals surface area (Å²) < 4.78 is 10.8. The number of methoxy groups -OCH3 is 2. The van der Waals surface area contributed by atoms with Crippen LogP contribution in [0.3, 0.4) is 0 Å². The van der Waals surface area contributed by atoms with E-state index in [0.717, 1.165) is 17.0 Å². The zero-order valence-electron chi connectivity index (χ0n) is 11.4. The third-order valence-corrected chi connectivity index (χ3v) is 3.74. The number of ether oxygens (including phenoxy) is 2. The molecule has 1 aliphatic heterocycles. The van der Waals surface area contributed by atoms with Gasteiger partial charge in [0.05, 0.1) is 24.9 Å². The lowest BCUT2D eigenvalue weighted by molar-refractivity contribution is -0.0329. The predicted octanol–water partition coefficient (Wildman–Crippen LogP) is 1.82.